The topological polar surface area (TPSA) is 92.0 Å². The summed E-state index contributed by atoms with van der Waals surface area (Å²) in [5.74, 6) is 1.28. The Labute approximate surface area is 191 Å². The van der Waals surface area contributed by atoms with E-state index >= 15 is 0 Å². The van der Waals surface area contributed by atoms with Gasteiger partial charge in [0.05, 0.1) is 31.3 Å². The number of benzene rings is 2. The lowest BCUT2D eigenvalue weighted by Gasteiger charge is -2.22. The van der Waals surface area contributed by atoms with Crippen LogP contribution in [0.25, 0.3) is 10.9 Å². The van der Waals surface area contributed by atoms with Crippen molar-refractivity contribution in [2.45, 2.75) is 38.0 Å². The van der Waals surface area contributed by atoms with Crippen LogP contribution in [0, 0.1) is 0 Å². The zero-order chi connectivity index (χ0) is 23.2. The first-order valence-electron chi connectivity index (χ1n) is 11.0. The Morgan fingerprint density at radius 3 is 2.67 bits per heavy atom. The molecule has 1 fully saturated rings. The summed E-state index contributed by atoms with van der Waals surface area (Å²) in [5.41, 5.74) is 1.23. The summed E-state index contributed by atoms with van der Waals surface area (Å²) in [6.45, 7) is -0.219. The number of ether oxygens (including phenoxy) is 3. The van der Waals surface area contributed by atoms with Gasteiger partial charge in [-0.3, -0.25) is 4.79 Å². The van der Waals surface area contributed by atoms with Crippen LogP contribution >= 0.6 is 0 Å². The molecule has 0 bridgehead atoms. The van der Waals surface area contributed by atoms with Gasteiger partial charge in [-0.2, -0.15) is 9.78 Å². The summed E-state index contributed by atoms with van der Waals surface area (Å²) in [6, 6.07) is 12.6. The predicted octanol–water partition coefficient (Wildman–Crippen LogP) is 3.89. The van der Waals surface area contributed by atoms with Crippen LogP contribution in [0.15, 0.2) is 52.4 Å². The fourth-order valence-corrected chi connectivity index (χ4v) is 4.08. The van der Waals surface area contributed by atoms with Gasteiger partial charge >= 0.3 is 5.97 Å². The molecular formula is C25H27N3O5. The number of para-hydroxylation sites is 1. The van der Waals surface area contributed by atoms with E-state index in [9.17, 15) is 9.59 Å². The molecule has 8 heteroatoms. The summed E-state index contributed by atoms with van der Waals surface area (Å²) in [4.78, 5) is 29.5. The molecule has 0 unspecified atom stereocenters. The molecule has 3 aromatic rings. The lowest BCUT2D eigenvalue weighted by atomic mass is 9.88. The molecule has 1 aromatic heterocycles. The van der Waals surface area contributed by atoms with Gasteiger partial charge in [-0.25, -0.2) is 9.78 Å². The predicted molar refractivity (Wildman–Crippen MR) is 125 cm³/mol. The van der Waals surface area contributed by atoms with Crippen LogP contribution < -0.4 is 15.0 Å². The fourth-order valence-electron chi connectivity index (χ4n) is 4.08. The minimum absolute atomic E-state index is 0.178. The van der Waals surface area contributed by atoms with Crippen molar-refractivity contribution in [3.05, 3.63) is 64.2 Å². The van der Waals surface area contributed by atoms with Gasteiger partial charge in [0.25, 0.3) is 5.56 Å². The Hall–Kier alpha value is -3.68. The van der Waals surface area contributed by atoms with Crippen molar-refractivity contribution in [3.8, 4) is 11.5 Å². The molecule has 33 heavy (non-hydrogen) atoms. The van der Waals surface area contributed by atoms with Crippen molar-refractivity contribution < 1.29 is 19.0 Å². The van der Waals surface area contributed by atoms with Crippen LogP contribution in [0.4, 0.5) is 0 Å². The van der Waals surface area contributed by atoms with Crippen molar-refractivity contribution in [1.82, 2.24) is 9.66 Å². The summed E-state index contributed by atoms with van der Waals surface area (Å²) in [7, 11) is 2.81. The third-order valence-corrected chi connectivity index (χ3v) is 5.83. The molecule has 0 radical (unpaired) electrons. The third kappa shape index (κ3) is 5.05. The largest absolute Gasteiger partial charge is 0.493 e. The van der Waals surface area contributed by atoms with Crippen LogP contribution in [0.3, 0.4) is 0 Å². The molecule has 1 aliphatic rings. The number of carbonyl (C=O) groups excluding carboxylic acids is 1. The van der Waals surface area contributed by atoms with Crippen LogP contribution in [-0.4, -0.2) is 42.7 Å². The smallest absolute Gasteiger partial charge is 0.343 e. The number of rotatable bonds is 7. The van der Waals surface area contributed by atoms with Crippen molar-refractivity contribution in [1.29, 1.82) is 0 Å². The standard InChI is InChI=1S/C25H27N3O5/c1-31-22-14-17(12-13-21(22)33-16-23(29)32-2)15-26-28-24(18-8-4-3-5-9-18)27-20-11-7-6-10-19(20)25(28)30/h6-7,10-15,18H,3-5,8-9,16H2,1-2H3. The minimum Gasteiger partial charge on any atom is -0.493 e. The van der Waals surface area contributed by atoms with Crippen LogP contribution in [0.2, 0.25) is 0 Å². The van der Waals surface area contributed by atoms with Gasteiger partial charge in [0.1, 0.15) is 5.82 Å². The lowest BCUT2D eigenvalue weighted by molar-refractivity contribution is -0.142. The van der Waals surface area contributed by atoms with E-state index in [1.165, 1.54) is 25.3 Å². The highest BCUT2D eigenvalue weighted by Crippen LogP contribution is 2.32. The van der Waals surface area contributed by atoms with Crippen molar-refractivity contribution in [2.24, 2.45) is 5.10 Å². The summed E-state index contributed by atoms with van der Waals surface area (Å²) in [5, 5.41) is 5.08. The van der Waals surface area contributed by atoms with Crippen LogP contribution in [-0.2, 0) is 9.53 Å². The maximum Gasteiger partial charge on any atom is 0.343 e. The first kappa shape index (κ1) is 22.5. The average molecular weight is 450 g/mol. The number of methoxy groups -OCH3 is 2. The SMILES string of the molecule is COC(=O)COc1ccc(C=Nn2c(C3CCCCC3)nc3ccccc3c2=O)cc1OC. The molecule has 4 rings (SSSR count). The van der Waals surface area contributed by atoms with Gasteiger partial charge in [-0.05, 0) is 48.7 Å². The van der Waals surface area contributed by atoms with E-state index in [4.69, 9.17) is 14.5 Å². The van der Waals surface area contributed by atoms with Crippen molar-refractivity contribution in [2.75, 3.05) is 20.8 Å². The van der Waals surface area contributed by atoms with Gasteiger partial charge in [0.15, 0.2) is 18.1 Å². The Morgan fingerprint density at radius 1 is 1.12 bits per heavy atom. The normalized spacial score (nSPS) is 14.5. The zero-order valence-corrected chi connectivity index (χ0v) is 18.8. The molecule has 172 valence electrons. The van der Waals surface area contributed by atoms with E-state index in [-0.39, 0.29) is 18.1 Å². The number of hydrogen-bond acceptors (Lipinski definition) is 7. The molecule has 0 N–H and O–H groups in total. The number of nitrogens with zero attached hydrogens (tertiary/aromatic N) is 3. The maximum atomic E-state index is 13.3. The zero-order valence-electron chi connectivity index (χ0n) is 18.8. The average Bonchev–Trinajstić information content (AvgIpc) is 2.87. The van der Waals surface area contributed by atoms with Gasteiger partial charge < -0.3 is 14.2 Å². The monoisotopic (exact) mass is 449 g/mol. The summed E-state index contributed by atoms with van der Waals surface area (Å²) >= 11 is 0. The maximum absolute atomic E-state index is 13.3. The second kappa shape index (κ2) is 10.3. The molecular weight excluding hydrogens is 422 g/mol. The quantitative estimate of drug-likeness (QED) is 0.401. The molecule has 0 atom stereocenters. The molecule has 0 amide bonds. The lowest BCUT2D eigenvalue weighted by Crippen LogP contribution is -2.25. The minimum atomic E-state index is -0.485. The van der Waals surface area contributed by atoms with Gasteiger partial charge in [-0.15, -0.1) is 0 Å². The number of hydrogen-bond donors (Lipinski definition) is 0. The van der Waals surface area contributed by atoms with Gasteiger partial charge in [0.2, 0.25) is 0 Å². The Bertz CT molecular complexity index is 1230. The number of aromatic nitrogens is 2. The Morgan fingerprint density at radius 2 is 1.91 bits per heavy atom. The number of carbonyl (C=O) groups is 1. The molecule has 1 heterocycles. The first-order valence-corrected chi connectivity index (χ1v) is 11.0. The fraction of sp³-hybridized carbons (Fsp3) is 0.360. The second-order valence-corrected chi connectivity index (χ2v) is 7.96. The molecule has 1 saturated carbocycles. The number of esters is 1. The van der Waals surface area contributed by atoms with Crippen molar-refractivity contribution in [3.63, 3.8) is 0 Å². The van der Waals surface area contributed by atoms with E-state index in [0.717, 1.165) is 25.7 Å². The second-order valence-electron chi connectivity index (χ2n) is 7.96. The molecule has 0 saturated heterocycles. The third-order valence-electron chi connectivity index (χ3n) is 5.83. The van der Waals surface area contributed by atoms with Crippen LogP contribution in [0.1, 0.15) is 49.4 Å². The Balaban J connectivity index is 1.69. The Kier molecular flexibility index (Phi) is 7.02. The molecule has 0 aliphatic heterocycles. The molecule has 1 aliphatic carbocycles. The molecule has 8 nitrogen and oxygen atoms in total. The first-order chi connectivity index (χ1) is 16.1. The van der Waals surface area contributed by atoms with Crippen LogP contribution in [0.5, 0.6) is 11.5 Å². The molecule has 2 aromatic carbocycles. The van der Waals surface area contributed by atoms with Crippen molar-refractivity contribution >= 4 is 23.1 Å². The summed E-state index contributed by atoms with van der Waals surface area (Å²) < 4.78 is 16.9. The van der Waals surface area contributed by atoms with Gasteiger partial charge in [0, 0.05) is 5.92 Å². The van der Waals surface area contributed by atoms with Gasteiger partial charge in [-0.1, -0.05) is 31.4 Å². The van der Waals surface area contributed by atoms with E-state index in [2.05, 4.69) is 9.84 Å². The highest BCUT2D eigenvalue weighted by atomic mass is 16.6. The molecule has 0 spiro atoms. The highest BCUT2D eigenvalue weighted by Gasteiger charge is 2.22. The van der Waals surface area contributed by atoms with E-state index in [1.54, 1.807) is 30.5 Å². The van der Waals surface area contributed by atoms with E-state index < -0.39 is 5.97 Å². The van der Waals surface area contributed by atoms with E-state index in [0.29, 0.717) is 33.8 Å². The summed E-state index contributed by atoms with van der Waals surface area (Å²) in [6.07, 6.45) is 7.07. The van der Waals surface area contributed by atoms with E-state index in [1.807, 2.05) is 18.2 Å². The number of fused-ring (bicyclic) bond motifs is 1. The highest BCUT2D eigenvalue weighted by molar-refractivity contribution is 5.81.